The van der Waals surface area contributed by atoms with E-state index in [0.29, 0.717) is 46.2 Å². The van der Waals surface area contributed by atoms with Crippen molar-refractivity contribution in [3.8, 4) is 28.7 Å². The molecule has 0 saturated carbocycles. The molecule has 1 fully saturated rings. The van der Waals surface area contributed by atoms with E-state index in [-0.39, 0.29) is 17.3 Å². The first kappa shape index (κ1) is 21.1. The second-order valence-electron chi connectivity index (χ2n) is 7.80. The molecule has 164 valence electrons. The highest BCUT2D eigenvalue weighted by Gasteiger charge is 2.31. The number of piperidine rings is 1. The van der Waals surface area contributed by atoms with Crippen LogP contribution in [0.5, 0.6) is 28.7 Å². The summed E-state index contributed by atoms with van der Waals surface area (Å²) in [6.07, 6.45) is 5.18. The second-order valence-corrected chi connectivity index (χ2v) is 7.80. The summed E-state index contributed by atoms with van der Waals surface area (Å²) in [4.78, 5) is 14.4. The molecule has 1 saturated heterocycles. The molecule has 0 aromatic heterocycles. The van der Waals surface area contributed by atoms with Gasteiger partial charge >= 0.3 is 0 Å². The second kappa shape index (κ2) is 8.89. The number of Topliss-reactive ketones (excluding diaryl/α,β-unsaturated/α-hetero) is 1. The quantitative estimate of drug-likeness (QED) is 0.713. The number of hydrogen-bond acceptors (Lipinski definition) is 6. The Morgan fingerprint density at radius 1 is 1.03 bits per heavy atom. The fraction of sp³-hybridized carbons (Fsp3) is 0.375. The molecule has 2 heterocycles. The average molecular weight is 425 g/mol. The highest BCUT2D eigenvalue weighted by Crippen LogP contribution is 2.41. The molecule has 7 heteroatoms. The number of ether oxygens (including phenoxy) is 4. The van der Waals surface area contributed by atoms with Crippen molar-refractivity contribution in [2.24, 2.45) is 0 Å². The van der Waals surface area contributed by atoms with Crippen LogP contribution in [0.1, 0.15) is 40.7 Å². The molecule has 0 aliphatic carbocycles. The van der Waals surface area contributed by atoms with Gasteiger partial charge in [-0.2, -0.15) is 0 Å². The van der Waals surface area contributed by atoms with Crippen molar-refractivity contribution in [1.82, 2.24) is 0 Å². The highest BCUT2D eigenvalue weighted by molar-refractivity contribution is 6.15. The van der Waals surface area contributed by atoms with Gasteiger partial charge in [0.1, 0.15) is 12.3 Å². The zero-order chi connectivity index (χ0) is 22.0. The van der Waals surface area contributed by atoms with Crippen molar-refractivity contribution in [2.45, 2.75) is 25.8 Å². The number of quaternary nitrogens is 1. The lowest BCUT2D eigenvalue weighted by Crippen LogP contribution is -3.11. The number of carbonyl (C=O) groups excluding carboxylic acids is 1. The highest BCUT2D eigenvalue weighted by atomic mass is 16.5. The van der Waals surface area contributed by atoms with E-state index in [1.807, 2.05) is 0 Å². The summed E-state index contributed by atoms with van der Waals surface area (Å²) in [7, 11) is 4.60. The topological polar surface area (TPSA) is 81.5 Å². The van der Waals surface area contributed by atoms with Crippen LogP contribution in [0.3, 0.4) is 0 Å². The van der Waals surface area contributed by atoms with Crippen molar-refractivity contribution < 1.29 is 33.7 Å². The minimum atomic E-state index is -0.237. The number of hydrogen-bond donors (Lipinski definition) is 1. The van der Waals surface area contributed by atoms with E-state index in [2.05, 4.69) is 0 Å². The molecule has 7 nitrogen and oxygen atoms in total. The number of likely N-dealkylation sites (tertiary alicyclic amines) is 1. The van der Waals surface area contributed by atoms with Gasteiger partial charge in [-0.25, -0.2) is 0 Å². The minimum Gasteiger partial charge on any atom is -0.872 e. The average Bonchev–Trinajstić information content (AvgIpc) is 3.11. The van der Waals surface area contributed by atoms with Gasteiger partial charge in [-0.3, -0.25) is 4.79 Å². The van der Waals surface area contributed by atoms with E-state index in [1.54, 1.807) is 24.3 Å². The van der Waals surface area contributed by atoms with E-state index < -0.39 is 0 Å². The maximum atomic E-state index is 13.0. The normalized spacial score (nSPS) is 17.4. The van der Waals surface area contributed by atoms with Crippen LogP contribution in [0.25, 0.3) is 6.08 Å². The molecule has 0 unspecified atom stereocenters. The molecule has 0 radical (unpaired) electrons. The van der Waals surface area contributed by atoms with Crippen LogP contribution in [0, 0.1) is 0 Å². The van der Waals surface area contributed by atoms with Crippen LogP contribution >= 0.6 is 0 Å². The monoisotopic (exact) mass is 425 g/mol. The van der Waals surface area contributed by atoms with Crippen LogP contribution in [0.15, 0.2) is 30.0 Å². The summed E-state index contributed by atoms with van der Waals surface area (Å²) in [6, 6.07) is 6.52. The number of carbonyl (C=O) groups is 1. The van der Waals surface area contributed by atoms with Gasteiger partial charge in [-0.15, -0.1) is 0 Å². The van der Waals surface area contributed by atoms with Crippen molar-refractivity contribution >= 4 is 11.9 Å². The van der Waals surface area contributed by atoms with Crippen LogP contribution in [-0.4, -0.2) is 40.2 Å². The summed E-state index contributed by atoms with van der Waals surface area (Å²) in [5.41, 5.74) is 1.68. The Morgan fingerprint density at radius 2 is 1.71 bits per heavy atom. The number of rotatable bonds is 6. The van der Waals surface area contributed by atoms with Gasteiger partial charge in [0.05, 0.1) is 40.0 Å². The maximum Gasteiger partial charge on any atom is 0.231 e. The summed E-state index contributed by atoms with van der Waals surface area (Å²) >= 11 is 0. The van der Waals surface area contributed by atoms with Crippen LogP contribution in [0.4, 0.5) is 0 Å². The summed E-state index contributed by atoms with van der Waals surface area (Å²) in [6.45, 7) is 2.64. The Bertz CT molecular complexity index is 998. The fourth-order valence-corrected chi connectivity index (χ4v) is 4.27. The Labute approximate surface area is 181 Å². The first-order chi connectivity index (χ1) is 15.0. The molecular formula is C24H27NO6. The number of ketones is 1. The maximum absolute atomic E-state index is 13.0. The molecule has 1 N–H and O–H groups in total. The third-order valence-electron chi connectivity index (χ3n) is 5.87. The molecule has 2 aromatic rings. The van der Waals surface area contributed by atoms with Crippen molar-refractivity contribution in [3.05, 3.63) is 46.7 Å². The van der Waals surface area contributed by atoms with E-state index in [9.17, 15) is 9.90 Å². The van der Waals surface area contributed by atoms with Crippen molar-refractivity contribution in [1.29, 1.82) is 0 Å². The SMILES string of the molecule is COc1cc(/C=C2\Oc3c(ccc([O-])c3C[NH+]3CCCCC3)C2=O)cc(OC)c1OC. The first-order valence-corrected chi connectivity index (χ1v) is 10.5. The minimum absolute atomic E-state index is 0.0846. The molecular weight excluding hydrogens is 398 g/mol. The van der Waals surface area contributed by atoms with Crippen LogP contribution < -0.4 is 29.0 Å². The molecule has 2 aliphatic heterocycles. The zero-order valence-electron chi connectivity index (χ0n) is 18.1. The number of allylic oxidation sites excluding steroid dienone is 1. The zero-order valence-corrected chi connectivity index (χ0v) is 18.1. The predicted octanol–water partition coefficient (Wildman–Crippen LogP) is 1.97. The number of nitrogens with one attached hydrogen (secondary N) is 1. The lowest BCUT2D eigenvalue weighted by atomic mass is 10.0. The summed E-state index contributed by atoms with van der Waals surface area (Å²) < 4.78 is 22.1. The lowest BCUT2D eigenvalue weighted by molar-refractivity contribution is -0.918. The third-order valence-corrected chi connectivity index (χ3v) is 5.87. The molecule has 0 bridgehead atoms. The lowest BCUT2D eigenvalue weighted by Gasteiger charge is -2.26. The Hall–Kier alpha value is -3.19. The third kappa shape index (κ3) is 4.05. The first-order valence-electron chi connectivity index (χ1n) is 10.5. The Kier molecular flexibility index (Phi) is 6.04. The molecule has 0 spiro atoms. The van der Waals surface area contributed by atoms with Gasteiger partial charge in [-0.1, -0.05) is 11.8 Å². The molecule has 2 aromatic carbocycles. The number of benzene rings is 2. The molecule has 0 atom stereocenters. The molecule has 2 aliphatic rings. The van der Waals surface area contributed by atoms with Gasteiger partial charge in [0.25, 0.3) is 0 Å². The van der Waals surface area contributed by atoms with Gasteiger partial charge in [0, 0.05) is 5.56 Å². The largest absolute Gasteiger partial charge is 0.872 e. The number of fused-ring (bicyclic) bond motifs is 1. The van der Waals surface area contributed by atoms with Gasteiger partial charge in [0.15, 0.2) is 17.3 Å². The summed E-state index contributed by atoms with van der Waals surface area (Å²) in [5.74, 6) is 1.68. The standard InChI is InChI=1S/C24H27NO6/c1-28-20-12-15(13-21(29-2)24(20)30-3)11-19-22(27)16-7-8-18(26)17(23(16)31-19)14-25-9-5-4-6-10-25/h7-8,11-13,26H,4-6,9-10,14H2,1-3H3/b19-11-. The van der Waals surface area contributed by atoms with Gasteiger partial charge in [0.2, 0.25) is 11.5 Å². The molecule has 0 amide bonds. The van der Waals surface area contributed by atoms with Gasteiger partial charge < -0.3 is 29.0 Å². The van der Waals surface area contributed by atoms with E-state index in [1.165, 1.54) is 38.7 Å². The van der Waals surface area contributed by atoms with E-state index in [0.717, 1.165) is 25.9 Å². The number of methoxy groups -OCH3 is 3. The van der Waals surface area contributed by atoms with Crippen LogP contribution in [0.2, 0.25) is 0 Å². The van der Waals surface area contributed by atoms with Gasteiger partial charge in [-0.05, 0) is 49.1 Å². The van der Waals surface area contributed by atoms with E-state index >= 15 is 0 Å². The van der Waals surface area contributed by atoms with E-state index in [4.69, 9.17) is 18.9 Å². The molecule has 31 heavy (non-hydrogen) atoms. The summed E-state index contributed by atoms with van der Waals surface area (Å²) in [5, 5.41) is 12.6. The Balaban J connectivity index is 1.68. The predicted molar refractivity (Wildman–Crippen MR) is 113 cm³/mol. The molecule has 4 rings (SSSR count). The van der Waals surface area contributed by atoms with Crippen LogP contribution in [-0.2, 0) is 6.54 Å². The van der Waals surface area contributed by atoms with Crippen molar-refractivity contribution in [2.75, 3.05) is 34.4 Å². The fourth-order valence-electron chi connectivity index (χ4n) is 4.27. The van der Waals surface area contributed by atoms with Crippen molar-refractivity contribution in [3.63, 3.8) is 0 Å². The smallest absolute Gasteiger partial charge is 0.231 e. The Morgan fingerprint density at radius 3 is 2.32 bits per heavy atom.